The summed E-state index contributed by atoms with van der Waals surface area (Å²) in [5.74, 6) is 0.862. The van der Waals surface area contributed by atoms with E-state index in [2.05, 4.69) is 52.0 Å². The summed E-state index contributed by atoms with van der Waals surface area (Å²) >= 11 is 3.60. The van der Waals surface area contributed by atoms with Crippen molar-refractivity contribution in [3.63, 3.8) is 0 Å². The first kappa shape index (κ1) is 17.0. The van der Waals surface area contributed by atoms with Crippen molar-refractivity contribution < 1.29 is 0 Å². The Morgan fingerprint density at radius 3 is 2.64 bits per heavy atom. The molecule has 0 amide bonds. The van der Waals surface area contributed by atoms with Gasteiger partial charge in [-0.25, -0.2) is 4.98 Å². The Kier molecular flexibility index (Phi) is 6.86. The highest BCUT2D eigenvalue weighted by molar-refractivity contribution is 7.11. The Bertz CT molecular complexity index is 587. The Hall–Kier alpha value is -1.40. The highest BCUT2D eigenvalue weighted by Crippen LogP contribution is 2.17. The van der Waals surface area contributed by atoms with Gasteiger partial charge in [-0.2, -0.15) is 0 Å². The lowest BCUT2D eigenvalue weighted by Gasteiger charge is -2.10. The predicted octanol–water partition coefficient (Wildman–Crippen LogP) is 3.03. The smallest absolute Gasteiger partial charge is 0.191 e. The summed E-state index contributed by atoms with van der Waals surface area (Å²) in [6, 6.07) is 4.26. The number of thiazole rings is 1. The van der Waals surface area contributed by atoms with Crippen molar-refractivity contribution in [2.75, 3.05) is 20.1 Å². The molecule has 2 aromatic heterocycles. The van der Waals surface area contributed by atoms with Crippen molar-refractivity contribution >= 4 is 28.6 Å². The minimum atomic E-state index is 0.856. The normalized spacial score (nSPS) is 11.7. The maximum absolute atomic E-state index is 4.67. The number of aliphatic imine (C=N–C) groups is 1. The van der Waals surface area contributed by atoms with E-state index >= 15 is 0 Å². The third-order valence-corrected chi connectivity index (χ3v) is 5.38. The van der Waals surface area contributed by atoms with E-state index in [1.807, 2.05) is 7.05 Å². The first-order valence-electron chi connectivity index (χ1n) is 7.65. The minimum absolute atomic E-state index is 0.856. The van der Waals surface area contributed by atoms with Gasteiger partial charge >= 0.3 is 0 Å². The molecule has 4 nitrogen and oxygen atoms in total. The van der Waals surface area contributed by atoms with E-state index in [0.29, 0.717) is 0 Å². The molecule has 0 bridgehead atoms. The zero-order chi connectivity index (χ0) is 15.8. The molecule has 2 rings (SSSR count). The van der Waals surface area contributed by atoms with Gasteiger partial charge < -0.3 is 10.6 Å². The molecule has 0 spiro atoms. The van der Waals surface area contributed by atoms with Crippen LogP contribution in [0, 0.1) is 6.92 Å². The molecular formula is C16H24N4S2. The topological polar surface area (TPSA) is 49.3 Å². The SMILES string of the molecule is CCc1nc(CCNC(=NC)NCCc2cccs2)sc1C. The molecule has 0 saturated carbocycles. The summed E-state index contributed by atoms with van der Waals surface area (Å²) in [4.78, 5) is 11.7. The molecule has 22 heavy (non-hydrogen) atoms. The molecule has 0 aromatic carbocycles. The number of guanidine groups is 1. The van der Waals surface area contributed by atoms with Crippen molar-refractivity contribution in [2.24, 2.45) is 4.99 Å². The molecule has 0 aliphatic heterocycles. The zero-order valence-corrected chi connectivity index (χ0v) is 15.1. The Morgan fingerprint density at radius 2 is 2.05 bits per heavy atom. The molecule has 2 heterocycles. The number of rotatable bonds is 7. The van der Waals surface area contributed by atoms with Gasteiger partial charge in [0.25, 0.3) is 0 Å². The summed E-state index contributed by atoms with van der Waals surface area (Å²) in [5, 5.41) is 10.0. The molecule has 6 heteroatoms. The Balaban J connectivity index is 1.69. The predicted molar refractivity (Wildman–Crippen MR) is 97.3 cm³/mol. The van der Waals surface area contributed by atoms with Gasteiger partial charge in [0.15, 0.2) is 5.96 Å². The lowest BCUT2D eigenvalue weighted by molar-refractivity contribution is 0.783. The average Bonchev–Trinajstić information content (AvgIpc) is 3.15. The summed E-state index contributed by atoms with van der Waals surface area (Å²) in [6.45, 7) is 6.06. The van der Waals surface area contributed by atoms with E-state index in [4.69, 9.17) is 0 Å². The molecule has 0 radical (unpaired) electrons. The summed E-state index contributed by atoms with van der Waals surface area (Å²) < 4.78 is 0. The van der Waals surface area contributed by atoms with Crippen LogP contribution in [-0.4, -0.2) is 31.1 Å². The fourth-order valence-corrected chi connectivity index (χ4v) is 3.92. The van der Waals surface area contributed by atoms with Crippen LogP contribution in [0.2, 0.25) is 0 Å². The van der Waals surface area contributed by atoms with Crippen molar-refractivity contribution in [2.45, 2.75) is 33.1 Å². The quantitative estimate of drug-likeness (QED) is 0.603. The summed E-state index contributed by atoms with van der Waals surface area (Å²) in [5.41, 5.74) is 1.23. The zero-order valence-electron chi connectivity index (χ0n) is 13.5. The first-order chi connectivity index (χ1) is 10.7. The van der Waals surface area contributed by atoms with E-state index in [-0.39, 0.29) is 0 Å². The standard InChI is InChI=1S/C16H24N4S2/c1-4-14-12(2)22-15(20-14)8-10-19-16(17-3)18-9-7-13-6-5-11-21-13/h5-6,11H,4,7-10H2,1-3H3,(H2,17,18,19). The Labute approximate surface area is 140 Å². The second-order valence-corrected chi connectivity index (χ2v) is 7.29. The largest absolute Gasteiger partial charge is 0.356 e. The van der Waals surface area contributed by atoms with E-state index in [9.17, 15) is 0 Å². The van der Waals surface area contributed by atoms with Crippen LogP contribution in [0.4, 0.5) is 0 Å². The van der Waals surface area contributed by atoms with E-state index < -0.39 is 0 Å². The molecule has 0 aliphatic carbocycles. The van der Waals surface area contributed by atoms with Gasteiger partial charge in [-0.1, -0.05) is 13.0 Å². The highest BCUT2D eigenvalue weighted by atomic mass is 32.1. The second-order valence-electron chi connectivity index (χ2n) is 4.97. The minimum Gasteiger partial charge on any atom is -0.356 e. The lowest BCUT2D eigenvalue weighted by atomic mass is 10.3. The highest BCUT2D eigenvalue weighted by Gasteiger charge is 2.06. The first-order valence-corrected chi connectivity index (χ1v) is 9.34. The number of nitrogens with zero attached hydrogens (tertiary/aromatic N) is 2. The average molecular weight is 337 g/mol. The fourth-order valence-electron chi connectivity index (χ4n) is 2.19. The van der Waals surface area contributed by atoms with Gasteiger partial charge in [-0.05, 0) is 31.2 Å². The van der Waals surface area contributed by atoms with Crippen molar-refractivity contribution in [3.05, 3.63) is 38.0 Å². The van der Waals surface area contributed by atoms with Gasteiger partial charge in [0.1, 0.15) is 0 Å². The number of aromatic nitrogens is 1. The maximum Gasteiger partial charge on any atom is 0.191 e. The molecule has 0 fully saturated rings. The summed E-state index contributed by atoms with van der Waals surface area (Å²) in [7, 11) is 1.81. The third kappa shape index (κ3) is 5.10. The molecule has 2 N–H and O–H groups in total. The third-order valence-electron chi connectivity index (χ3n) is 3.37. The Morgan fingerprint density at radius 1 is 1.27 bits per heavy atom. The van der Waals surface area contributed by atoms with E-state index in [1.165, 1.54) is 20.5 Å². The van der Waals surface area contributed by atoms with Crippen LogP contribution in [0.15, 0.2) is 22.5 Å². The fraction of sp³-hybridized carbons (Fsp3) is 0.500. The van der Waals surface area contributed by atoms with Gasteiger partial charge in [-0.15, -0.1) is 22.7 Å². The molecule has 0 unspecified atom stereocenters. The number of thiophene rings is 1. The number of nitrogens with one attached hydrogen (secondary N) is 2. The van der Waals surface area contributed by atoms with Crippen LogP contribution in [-0.2, 0) is 19.3 Å². The van der Waals surface area contributed by atoms with E-state index in [1.54, 1.807) is 22.7 Å². The van der Waals surface area contributed by atoms with Gasteiger partial charge in [0, 0.05) is 36.3 Å². The van der Waals surface area contributed by atoms with Crippen molar-refractivity contribution in [1.29, 1.82) is 0 Å². The monoisotopic (exact) mass is 336 g/mol. The lowest BCUT2D eigenvalue weighted by Crippen LogP contribution is -2.39. The van der Waals surface area contributed by atoms with Gasteiger partial charge in [0.05, 0.1) is 10.7 Å². The number of hydrogen-bond acceptors (Lipinski definition) is 4. The maximum atomic E-state index is 4.67. The van der Waals surface area contributed by atoms with Crippen LogP contribution in [0.25, 0.3) is 0 Å². The van der Waals surface area contributed by atoms with Crippen LogP contribution in [0.5, 0.6) is 0 Å². The molecule has 0 saturated heterocycles. The second kappa shape index (κ2) is 8.90. The number of aryl methyl sites for hydroxylation is 2. The van der Waals surface area contributed by atoms with Crippen LogP contribution < -0.4 is 10.6 Å². The van der Waals surface area contributed by atoms with Crippen LogP contribution >= 0.6 is 22.7 Å². The van der Waals surface area contributed by atoms with Gasteiger partial charge in [0.2, 0.25) is 0 Å². The van der Waals surface area contributed by atoms with Crippen LogP contribution in [0.3, 0.4) is 0 Å². The molecule has 120 valence electrons. The van der Waals surface area contributed by atoms with Gasteiger partial charge in [-0.3, -0.25) is 4.99 Å². The molecule has 0 atom stereocenters. The molecular weight excluding hydrogens is 312 g/mol. The molecule has 2 aromatic rings. The van der Waals surface area contributed by atoms with Crippen LogP contribution in [0.1, 0.15) is 27.4 Å². The summed E-state index contributed by atoms with van der Waals surface area (Å²) in [6.07, 6.45) is 2.99. The van der Waals surface area contributed by atoms with Crippen molar-refractivity contribution in [3.8, 4) is 0 Å². The molecule has 0 aliphatic rings. The number of hydrogen-bond donors (Lipinski definition) is 2. The van der Waals surface area contributed by atoms with E-state index in [0.717, 1.165) is 38.3 Å². The van der Waals surface area contributed by atoms with Crippen molar-refractivity contribution in [1.82, 2.24) is 15.6 Å².